The van der Waals surface area contributed by atoms with E-state index in [1.165, 1.54) is 7.11 Å². The molecule has 1 N–H and O–H groups in total. The van der Waals surface area contributed by atoms with Crippen LogP contribution in [0.2, 0.25) is 0 Å². The van der Waals surface area contributed by atoms with Crippen LogP contribution in [-0.2, 0) is 23.7 Å². The van der Waals surface area contributed by atoms with Crippen molar-refractivity contribution in [1.82, 2.24) is 0 Å². The molecule has 2 aromatic rings. The molecular formula is C18H16F6O3. The summed E-state index contributed by atoms with van der Waals surface area (Å²) >= 11 is 0. The minimum atomic E-state index is -4.97. The van der Waals surface area contributed by atoms with Gasteiger partial charge in [-0.15, -0.1) is 0 Å². The van der Waals surface area contributed by atoms with Gasteiger partial charge in [-0.05, 0) is 41.5 Å². The Balaban J connectivity index is 2.28. The zero-order valence-electron chi connectivity index (χ0n) is 14.1. The summed E-state index contributed by atoms with van der Waals surface area (Å²) in [5.41, 5.74) is -2.72. The van der Waals surface area contributed by atoms with Crippen LogP contribution >= 0.6 is 0 Å². The van der Waals surface area contributed by atoms with Crippen LogP contribution in [-0.4, -0.2) is 18.8 Å². The van der Waals surface area contributed by atoms with Crippen molar-refractivity contribution >= 4 is 0 Å². The third-order valence-electron chi connectivity index (χ3n) is 3.76. The van der Waals surface area contributed by atoms with Gasteiger partial charge in [0, 0.05) is 0 Å². The van der Waals surface area contributed by atoms with Crippen molar-refractivity contribution in [1.29, 1.82) is 0 Å². The van der Waals surface area contributed by atoms with Gasteiger partial charge in [0.25, 0.3) is 0 Å². The van der Waals surface area contributed by atoms with Crippen LogP contribution in [0.4, 0.5) is 26.3 Å². The number of hydrogen-bond donors (Lipinski definition) is 1. The highest BCUT2D eigenvalue weighted by molar-refractivity contribution is 5.35. The lowest BCUT2D eigenvalue weighted by Gasteiger charge is -2.20. The van der Waals surface area contributed by atoms with Crippen LogP contribution in [0.25, 0.3) is 0 Å². The Morgan fingerprint density at radius 1 is 0.889 bits per heavy atom. The zero-order valence-corrected chi connectivity index (χ0v) is 14.1. The molecule has 0 saturated carbocycles. The average molecular weight is 394 g/mol. The second kappa shape index (κ2) is 8.18. The Labute approximate surface area is 151 Å². The van der Waals surface area contributed by atoms with Gasteiger partial charge >= 0.3 is 12.4 Å². The van der Waals surface area contributed by atoms with Crippen LogP contribution in [0.3, 0.4) is 0 Å². The van der Waals surface area contributed by atoms with Gasteiger partial charge < -0.3 is 14.6 Å². The van der Waals surface area contributed by atoms with E-state index in [4.69, 9.17) is 9.47 Å². The fraction of sp³-hybridized carbons (Fsp3) is 0.333. The molecule has 0 aromatic heterocycles. The van der Waals surface area contributed by atoms with Crippen molar-refractivity contribution < 1.29 is 40.9 Å². The lowest BCUT2D eigenvalue weighted by atomic mass is 10.0. The molecule has 0 aliphatic heterocycles. The molecule has 27 heavy (non-hydrogen) atoms. The maximum Gasteiger partial charge on any atom is 0.416 e. The van der Waals surface area contributed by atoms with Gasteiger partial charge in [0.05, 0.1) is 31.5 Å². The predicted molar refractivity (Wildman–Crippen MR) is 84.1 cm³/mol. The Morgan fingerprint density at radius 2 is 1.41 bits per heavy atom. The van der Waals surface area contributed by atoms with Crippen LogP contribution in [0.1, 0.15) is 28.4 Å². The van der Waals surface area contributed by atoms with E-state index in [1.807, 2.05) is 0 Å². The molecule has 1 atom stereocenters. The van der Waals surface area contributed by atoms with Crippen LogP contribution in [0, 0.1) is 0 Å². The number of benzene rings is 2. The molecule has 148 valence electrons. The molecule has 0 saturated heterocycles. The molecule has 3 nitrogen and oxygen atoms in total. The number of aliphatic hydroxyl groups is 1. The highest BCUT2D eigenvalue weighted by Crippen LogP contribution is 2.38. The van der Waals surface area contributed by atoms with E-state index in [-0.39, 0.29) is 12.7 Å². The number of alkyl halides is 6. The third kappa shape index (κ3) is 5.61. The predicted octanol–water partition coefficient (Wildman–Crippen LogP) is 4.98. The van der Waals surface area contributed by atoms with Crippen LogP contribution in [0.5, 0.6) is 5.75 Å². The van der Waals surface area contributed by atoms with Crippen molar-refractivity contribution in [3.8, 4) is 5.75 Å². The van der Waals surface area contributed by atoms with E-state index in [0.717, 1.165) is 0 Å². The fourth-order valence-corrected chi connectivity index (χ4v) is 2.34. The van der Waals surface area contributed by atoms with Gasteiger partial charge in [0.15, 0.2) is 0 Å². The summed E-state index contributed by atoms with van der Waals surface area (Å²) in [6.07, 6.45) is -11.3. The number of ether oxygens (including phenoxy) is 2. The van der Waals surface area contributed by atoms with E-state index >= 15 is 0 Å². The summed E-state index contributed by atoms with van der Waals surface area (Å²) < 4.78 is 88.0. The highest BCUT2D eigenvalue weighted by Gasteiger charge is 2.37. The Hall–Kier alpha value is -2.26. The van der Waals surface area contributed by atoms with Crippen LogP contribution in [0.15, 0.2) is 42.5 Å². The Kier molecular flexibility index (Phi) is 6.38. The molecule has 0 radical (unpaired) electrons. The summed E-state index contributed by atoms with van der Waals surface area (Å²) in [5, 5.41) is 9.42. The molecule has 2 aromatic carbocycles. The van der Waals surface area contributed by atoms with Gasteiger partial charge in [-0.2, -0.15) is 26.3 Å². The molecule has 9 heteroatoms. The Bertz CT molecular complexity index is 721. The van der Waals surface area contributed by atoms with Crippen molar-refractivity contribution in [3.63, 3.8) is 0 Å². The smallest absolute Gasteiger partial charge is 0.416 e. The van der Waals surface area contributed by atoms with E-state index in [1.54, 1.807) is 24.3 Å². The molecule has 0 amide bonds. The van der Waals surface area contributed by atoms with Crippen LogP contribution < -0.4 is 4.74 Å². The van der Waals surface area contributed by atoms with Crippen molar-refractivity contribution in [3.05, 3.63) is 64.7 Å². The largest absolute Gasteiger partial charge is 0.497 e. The molecule has 0 heterocycles. The average Bonchev–Trinajstić information content (AvgIpc) is 2.61. The van der Waals surface area contributed by atoms with Crippen molar-refractivity contribution in [2.24, 2.45) is 0 Å². The minimum absolute atomic E-state index is 0.0292. The third-order valence-corrected chi connectivity index (χ3v) is 3.76. The molecule has 0 aliphatic rings. The quantitative estimate of drug-likeness (QED) is 0.703. The molecule has 2 rings (SSSR count). The SMILES string of the molecule is COc1ccc(CO[C@H](CO)c2cc(C(F)(F)F)cc(C(F)(F)F)c2)cc1. The topological polar surface area (TPSA) is 38.7 Å². The van der Waals surface area contributed by atoms with E-state index in [0.29, 0.717) is 23.4 Å². The summed E-state index contributed by atoms with van der Waals surface area (Å²) in [4.78, 5) is 0. The normalized spacial score (nSPS) is 13.5. The molecular weight excluding hydrogens is 378 g/mol. The van der Waals surface area contributed by atoms with Gasteiger partial charge in [-0.25, -0.2) is 0 Å². The number of halogens is 6. The van der Waals surface area contributed by atoms with Gasteiger partial charge in [-0.1, -0.05) is 12.1 Å². The van der Waals surface area contributed by atoms with E-state index in [9.17, 15) is 31.4 Å². The number of hydrogen-bond acceptors (Lipinski definition) is 3. The van der Waals surface area contributed by atoms with Crippen molar-refractivity contribution in [2.45, 2.75) is 25.1 Å². The monoisotopic (exact) mass is 394 g/mol. The maximum atomic E-state index is 12.9. The van der Waals surface area contributed by atoms with E-state index < -0.39 is 41.8 Å². The second-order valence-corrected chi connectivity index (χ2v) is 5.67. The van der Waals surface area contributed by atoms with Gasteiger partial charge in [0.2, 0.25) is 0 Å². The first kappa shape index (κ1) is 21.0. The second-order valence-electron chi connectivity index (χ2n) is 5.67. The lowest BCUT2D eigenvalue weighted by Crippen LogP contribution is -2.15. The number of methoxy groups -OCH3 is 1. The van der Waals surface area contributed by atoms with E-state index in [2.05, 4.69) is 0 Å². The maximum absolute atomic E-state index is 12.9. The number of rotatable bonds is 6. The Morgan fingerprint density at radius 3 is 1.81 bits per heavy atom. The molecule has 0 fully saturated rings. The minimum Gasteiger partial charge on any atom is -0.497 e. The zero-order chi connectivity index (χ0) is 20.2. The van der Waals surface area contributed by atoms with Crippen molar-refractivity contribution in [2.75, 3.05) is 13.7 Å². The molecule has 0 spiro atoms. The summed E-state index contributed by atoms with van der Waals surface area (Å²) in [5.74, 6) is 0.574. The molecule has 0 bridgehead atoms. The lowest BCUT2D eigenvalue weighted by molar-refractivity contribution is -0.143. The van der Waals surface area contributed by atoms with Gasteiger partial charge in [-0.3, -0.25) is 0 Å². The first-order valence-electron chi connectivity index (χ1n) is 7.69. The first-order valence-corrected chi connectivity index (χ1v) is 7.69. The summed E-state index contributed by atoms with van der Waals surface area (Å²) in [7, 11) is 1.47. The van der Waals surface area contributed by atoms with Gasteiger partial charge in [0.1, 0.15) is 11.9 Å². The summed E-state index contributed by atoms with van der Waals surface area (Å²) in [6, 6.07) is 7.62. The standard InChI is InChI=1S/C18H16F6O3/c1-26-15-4-2-11(3-5-15)10-27-16(9-25)12-6-13(17(19,20)21)8-14(7-12)18(22,23)24/h2-8,16,25H,9-10H2,1H3/t16-/m1/s1. The summed E-state index contributed by atoms with van der Waals surface area (Å²) in [6.45, 7) is -0.901. The fourth-order valence-electron chi connectivity index (χ4n) is 2.34. The molecule has 0 unspecified atom stereocenters. The molecule has 0 aliphatic carbocycles. The highest BCUT2D eigenvalue weighted by atomic mass is 19.4. The number of aliphatic hydroxyl groups excluding tert-OH is 1. The first-order chi connectivity index (χ1) is 12.5.